The zero-order valence-corrected chi connectivity index (χ0v) is 15.0. The standard InChI is InChI=1S/C20H20N6O/c1-15-23-17-9-5-6-10-18(17)25(15)12-11-20(27)21-13-19-24-22-14-26(19)16-7-3-2-4-8-16/h2-10,14H,11-13H2,1H3,(H,21,27). The fourth-order valence-corrected chi connectivity index (χ4v) is 3.14. The normalized spacial score (nSPS) is 11.0. The van der Waals surface area contributed by atoms with Gasteiger partial charge in [0.05, 0.1) is 17.6 Å². The molecule has 0 bridgehead atoms. The summed E-state index contributed by atoms with van der Waals surface area (Å²) in [5.74, 6) is 1.57. The Hall–Kier alpha value is -3.48. The SMILES string of the molecule is Cc1nc2ccccc2n1CCC(=O)NCc1nncn1-c1ccccc1. The van der Waals surface area contributed by atoms with Crippen molar-refractivity contribution < 1.29 is 4.79 Å². The summed E-state index contributed by atoms with van der Waals surface area (Å²) >= 11 is 0. The summed E-state index contributed by atoms with van der Waals surface area (Å²) in [6.07, 6.45) is 2.03. The van der Waals surface area contributed by atoms with Crippen LogP contribution in [0.4, 0.5) is 0 Å². The van der Waals surface area contributed by atoms with Gasteiger partial charge < -0.3 is 9.88 Å². The number of carbonyl (C=O) groups excluding carboxylic acids is 1. The number of para-hydroxylation sites is 3. The average Bonchev–Trinajstić information content (AvgIpc) is 3.29. The third-order valence-electron chi connectivity index (χ3n) is 4.50. The first-order valence-electron chi connectivity index (χ1n) is 8.85. The minimum absolute atomic E-state index is 0.0326. The Kier molecular flexibility index (Phi) is 4.65. The highest BCUT2D eigenvalue weighted by molar-refractivity contribution is 5.77. The first-order valence-corrected chi connectivity index (χ1v) is 8.85. The van der Waals surface area contributed by atoms with Crippen molar-refractivity contribution in [1.29, 1.82) is 0 Å². The summed E-state index contributed by atoms with van der Waals surface area (Å²) < 4.78 is 3.94. The van der Waals surface area contributed by atoms with E-state index < -0.39 is 0 Å². The summed E-state index contributed by atoms with van der Waals surface area (Å²) in [5, 5.41) is 11.0. The van der Waals surface area contributed by atoms with E-state index in [0.717, 1.165) is 22.5 Å². The molecule has 136 valence electrons. The number of benzene rings is 2. The van der Waals surface area contributed by atoms with Gasteiger partial charge in [-0.1, -0.05) is 30.3 Å². The molecular formula is C20H20N6O. The van der Waals surface area contributed by atoms with Gasteiger partial charge in [-0.25, -0.2) is 4.98 Å². The summed E-state index contributed by atoms with van der Waals surface area (Å²) in [7, 11) is 0. The Balaban J connectivity index is 1.38. The van der Waals surface area contributed by atoms with Gasteiger partial charge in [-0.15, -0.1) is 10.2 Å². The van der Waals surface area contributed by atoms with E-state index in [-0.39, 0.29) is 5.91 Å². The average molecular weight is 360 g/mol. The molecule has 0 atom stereocenters. The molecule has 0 fully saturated rings. The molecule has 4 rings (SSSR count). The number of nitrogens with zero attached hydrogens (tertiary/aromatic N) is 5. The van der Waals surface area contributed by atoms with Crippen LogP contribution >= 0.6 is 0 Å². The number of imidazole rings is 1. The third-order valence-corrected chi connectivity index (χ3v) is 4.50. The Morgan fingerprint density at radius 1 is 1.07 bits per heavy atom. The van der Waals surface area contributed by atoms with Crippen LogP contribution in [0.1, 0.15) is 18.1 Å². The fraction of sp³-hybridized carbons (Fsp3) is 0.200. The minimum atomic E-state index is -0.0326. The van der Waals surface area contributed by atoms with Crippen LogP contribution in [0.3, 0.4) is 0 Å². The summed E-state index contributed by atoms with van der Waals surface area (Å²) in [6, 6.07) is 17.8. The molecule has 0 aliphatic rings. The molecule has 4 aromatic rings. The lowest BCUT2D eigenvalue weighted by atomic mass is 10.3. The van der Waals surface area contributed by atoms with Gasteiger partial charge in [0.15, 0.2) is 5.82 Å². The lowest BCUT2D eigenvalue weighted by Crippen LogP contribution is -2.25. The highest BCUT2D eigenvalue weighted by atomic mass is 16.1. The number of fused-ring (bicyclic) bond motifs is 1. The van der Waals surface area contributed by atoms with Crippen molar-refractivity contribution in [3.05, 3.63) is 72.6 Å². The van der Waals surface area contributed by atoms with Crippen molar-refractivity contribution >= 4 is 16.9 Å². The first-order chi connectivity index (χ1) is 13.2. The lowest BCUT2D eigenvalue weighted by molar-refractivity contribution is -0.121. The van der Waals surface area contributed by atoms with E-state index in [1.54, 1.807) is 6.33 Å². The predicted molar refractivity (Wildman–Crippen MR) is 102 cm³/mol. The molecule has 0 saturated carbocycles. The molecule has 7 heteroatoms. The second-order valence-corrected chi connectivity index (χ2v) is 6.28. The number of hydrogen-bond acceptors (Lipinski definition) is 4. The van der Waals surface area contributed by atoms with E-state index in [4.69, 9.17) is 0 Å². The van der Waals surface area contributed by atoms with Gasteiger partial charge >= 0.3 is 0 Å². The van der Waals surface area contributed by atoms with Crippen molar-refractivity contribution in [2.24, 2.45) is 0 Å². The molecular weight excluding hydrogens is 340 g/mol. The predicted octanol–water partition coefficient (Wildman–Crippen LogP) is 2.63. The molecule has 2 aromatic carbocycles. The second kappa shape index (κ2) is 7.41. The van der Waals surface area contributed by atoms with Crippen molar-refractivity contribution in [2.75, 3.05) is 0 Å². The van der Waals surface area contributed by atoms with Gasteiger partial charge in [-0.05, 0) is 31.2 Å². The van der Waals surface area contributed by atoms with Gasteiger partial charge in [0.1, 0.15) is 12.2 Å². The molecule has 2 aromatic heterocycles. The van der Waals surface area contributed by atoms with Gasteiger partial charge in [0, 0.05) is 18.7 Å². The topological polar surface area (TPSA) is 77.6 Å². The van der Waals surface area contributed by atoms with Crippen molar-refractivity contribution in [3.8, 4) is 5.69 Å². The quantitative estimate of drug-likeness (QED) is 0.573. The van der Waals surface area contributed by atoms with Crippen LogP contribution in [0, 0.1) is 6.92 Å². The minimum Gasteiger partial charge on any atom is -0.349 e. The molecule has 2 heterocycles. The Morgan fingerprint density at radius 2 is 1.85 bits per heavy atom. The van der Waals surface area contributed by atoms with Gasteiger partial charge in [0.25, 0.3) is 0 Å². The summed E-state index contributed by atoms with van der Waals surface area (Å²) in [6.45, 7) is 2.88. The fourth-order valence-electron chi connectivity index (χ4n) is 3.14. The second-order valence-electron chi connectivity index (χ2n) is 6.28. The third kappa shape index (κ3) is 3.57. The smallest absolute Gasteiger partial charge is 0.222 e. The van der Waals surface area contributed by atoms with Crippen LogP contribution < -0.4 is 5.32 Å². The lowest BCUT2D eigenvalue weighted by Gasteiger charge is -2.09. The monoisotopic (exact) mass is 360 g/mol. The molecule has 1 amide bonds. The van der Waals surface area contributed by atoms with Crippen LogP contribution in [0.25, 0.3) is 16.7 Å². The van der Waals surface area contributed by atoms with Gasteiger partial charge in [-0.2, -0.15) is 0 Å². The highest BCUT2D eigenvalue weighted by Crippen LogP contribution is 2.15. The van der Waals surface area contributed by atoms with Crippen LogP contribution in [-0.2, 0) is 17.9 Å². The number of aryl methyl sites for hydroxylation is 2. The maximum Gasteiger partial charge on any atom is 0.222 e. The molecule has 0 aliphatic heterocycles. The van der Waals surface area contributed by atoms with E-state index in [1.165, 1.54) is 0 Å². The maximum atomic E-state index is 12.3. The molecule has 7 nitrogen and oxygen atoms in total. The number of aromatic nitrogens is 5. The maximum absolute atomic E-state index is 12.3. The number of rotatable bonds is 6. The Bertz CT molecular complexity index is 1070. The molecule has 0 radical (unpaired) electrons. The summed E-state index contributed by atoms with van der Waals surface area (Å²) in [5.41, 5.74) is 2.96. The molecule has 0 aliphatic carbocycles. The largest absolute Gasteiger partial charge is 0.349 e. The number of carbonyl (C=O) groups is 1. The van der Waals surface area contributed by atoms with E-state index in [2.05, 4.69) is 25.1 Å². The van der Waals surface area contributed by atoms with Crippen molar-refractivity contribution in [3.63, 3.8) is 0 Å². The van der Waals surface area contributed by atoms with Gasteiger partial charge in [0.2, 0.25) is 5.91 Å². The Morgan fingerprint density at radius 3 is 2.70 bits per heavy atom. The zero-order chi connectivity index (χ0) is 18.6. The molecule has 0 spiro atoms. The van der Waals surface area contributed by atoms with Crippen LogP contribution in [-0.4, -0.2) is 30.2 Å². The van der Waals surface area contributed by atoms with E-state index in [9.17, 15) is 4.79 Å². The number of nitrogens with one attached hydrogen (secondary N) is 1. The zero-order valence-electron chi connectivity index (χ0n) is 15.0. The first kappa shape index (κ1) is 17.0. The molecule has 27 heavy (non-hydrogen) atoms. The van der Waals surface area contributed by atoms with Crippen molar-refractivity contribution in [1.82, 2.24) is 29.6 Å². The molecule has 0 saturated heterocycles. The van der Waals surface area contributed by atoms with E-state index in [1.807, 2.05) is 66.1 Å². The highest BCUT2D eigenvalue weighted by Gasteiger charge is 2.11. The molecule has 1 N–H and O–H groups in total. The number of amides is 1. The molecule has 0 unspecified atom stereocenters. The van der Waals surface area contributed by atoms with E-state index >= 15 is 0 Å². The van der Waals surface area contributed by atoms with Gasteiger partial charge in [-0.3, -0.25) is 9.36 Å². The van der Waals surface area contributed by atoms with Crippen LogP contribution in [0.2, 0.25) is 0 Å². The van der Waals surface area contributed by atoms with Crippen molar-refractivity contribution in [2.45, 2.75) is 26.4 Å². The number of hydrogen-bond donors (Lipinski definition) is 1. The summed E-state index contributed by atoms with van der Waals surface area (Å²) in [4.78, 5) is 16.9. The van der Waals surface area contributed by atoms with E-state index in [0.29, 0.717) is 25.3 Å². The van der Waals surface area contributed by atoms with Crippen LogP contribution in [0.15, 0.2) is 60.9 Å². The Labute approximate surface area is 156 Å². The van der Waals surface area contributed by atoms with Crippen LogP contribution in [0.5, 0.6) is 0 Å².